The number of hydrogen-bond donors (Lipinski definition) is 0. The number of likely N-dealkylation sites (N-methyl/N-ethyl adjacent to an activating group) is 1. The fourth-order valence-corrected chi connectivity index (χ4v) is 5.01. The minimum atomic E-state index is 1.01. The number of aryl methyl sites for hydroxylation is 2. The lowest BCUT2D eigenvalue weighted by molar-refractivity contribution is 0.311. The van der Waals surface area contributed by atoms with E-state index >= 15 is 0 Å². The Morgan fingerprint density at radius 1 is 1.04 bits per heavy atom. The summed E-state index contributed by atoms with van der Waals surface area (Å²) in [6.45, 7) is 6.41. The Kier molecular flexibility index (Phi) is 3.92. The summed E-state index contributed by atoms with van der Waals surface area (Å²) >= 11 is 1.78. The van der Waals surface area contributed by atoms with Crippen molar-refractivity contribution in [3.05, 3.63) is 70.4 Å². The summed E-state index contributed by atoms with van der Waals surface area (Å²) in [7, 11) is 2.21. The molecule has 0 amide bonds. The van der Waals surface area contributed by atoms with Crippen LogP contribution in [0.25, 0.3) is 27.2 Å². The van der Waals surface area contributed by atoms with Gasteiger partial charge in [-0.1, -0.05) is 11.6 Å². The van der Waals surface area contributed by atoms with E-state index in [1.54, 1.807) is 11.3 Å². The van der Waals surface area contributed by atoms with Crippen LogP contribution in [0, 0.1) is 13.8 Å². The van der Waals surface area contributed by atoms with Crippen molar-refractivity contribution in [2.75, 3.05) is 13.6 Å². The van der Waals surface area contributed by atoms with E-state index < -0.39 is 0 Å². The fourth-order valence-electron chi connectivity index (χ4n) is 4.12. The topological polar surface area (TPSA) is 21.1 Å². The predicted molar refractivity (Wildman–Crippen MR) is 114 cm³/mol. The first-order valence-electron chi connectivity index (χ1n) is 9.43. The maximum absolute atomic E-state index is 4.86. The van der Waals surface area contributed by atoms with Gasteiger partial charge >= 0.3 is 0 Å². The van der Waals surface area contributed by atoms with Crippen molar-refractivity contribution >= 4 is 22.2 Å². The second-order valence-electron chi connectivity index (χ2n) is 7.66. The van der Waals surface area contributed by atoms with Gasteiger partial charge in [0.05, 0.1) is 5.52 Å². The van der Waals surface area contributed by atoms with E-state index in [9.17, 15) is 0 Å². The molecule has 0 radical (unpaired) electrons. The zero-order valence-electron chi connectivity index (χ0n) is 16.0. The highest BCUT2D eigenvalue weighted by atomic mass is 32.1. The first kappa shape index (κ1) is 16.7. The van der Waals surface area contributed by atoms with Gasteiger partial charge in [-0.3, -0.25) is 4.57 Å². The van der Waals surface area contributed by atoms with Gasteiger partial charge in [0, 0.05) is 47.2 Å². The normalized spacial score (nSPS) is 14.6. The van der Waals surface area contributed by atoms with Gasteiger partial charge in [0.25, 0.3) is 0 Å². The first-order chi connectivity index (χ1) is 13.1. The number of hydrogen-bond acceptors (Lipinski definition) is 3. The van der Waals surface area contributed by atoms with Crippen LogP contribution in [0.3, 0.4) is 0 Å². The van der Waals surface area contributed by atoms with Crippen molar-refractivity contribution in [1.82, 2.24) is 14.5 Å². The number of thiophene rings is 1. The molecule has 1 aliphatic heterocycles. The molecule has 0 atom stereocenters. The molecule has 0 fully saturated rings. The van der Waals surface area contributed by atoms with Crippen molar-refractivity contribution in [2.24, 2.45) is 0 Å². The van der Waals surface area contributed by atoms with Crippen molar-refractivity contribution in [3.8, 4) is 16.3 Å². The quantitative estimate of drug-likeness (QED) is 0.472. The van der Waals surface area contributed by atoms with Crippen LogP contribution in [0.2, 0.25) is 0 Å². The van der Waals surface area contributed by atoms with E-state index in [-0.39, 0.29) is 0 Å². The molecule has 136 valence electrons. The molecule has 0 N–H and O–H groups in total. The molecule has 0 spiro atoms. The van der Waals surface area contributed by atoms with Crippen LogP contribution in [-0.4, -0.2) is 28.0 Å². The molecule has 0 saturated heterocycles. The van der Waals surface area contributed by atoms with Gasteiger partial charge in [-0.25, -0.2) is 4.98 Å². The molecule has 3 aromatic heterocycles. The third-order valence-electron chi connectivity index (χ3n) is 5.49. The summed E-state index contributed by atoms with van der Waals surface area (Å²) in [6, 6.07) is 13.4. The Hall–Kier alpha value is -2.43. The summed E-state index contributed by atoms with van der Waals surface area (Å²) < 4.78 is 2.38. The highest BCUT2D eigenvalue weighted by Gasteiger charge is 2.23. The molecular formula is C23H23N3S. The van der Waals surface area contributed by atoms with E-state index in [2.05, 4.69) is 72.1 Å². The standard InChI is InChI=1S/C23H23N3S/c1-15-4-6-20-18(10-15)19-13-25(3)9-8-21(19)26(20)23-7-5-17(12-24-23)22-11-16(2)14-27-22/h4-7,10-12,14H,8-9,13H2,1-3H3. The number of pyridine rings is 1. The third-order valence-corrected chi connectivity index (χ3v) is 6.58. The van der Waals surface area contributed by atoms with Crippen molar-refractivity contribution in [3.63, 3.8) is 0 Å². The molecule has 5 rings (SSSR count). The van der Waals surface area contributed by atoms with E-state index in [0.29, 0.717) is 0 Å². The van der Waals surface area contributed by atoms with Crippen LogP contribution < -0.4 is 0 Å². The number of nitrogens with zero attached hydrogens (tertiary/aromatic N) is 3. The van der Waals surface area contributed by atoms with Gasteiger partial charge in [0.2, 0.25) is 0 Å². The van der Waals surface area contributed by atoms with Crippen LogP contribution in [0.4, 0.5) is 0 Å². The molecular weight excluding hydrogens is 350 g/mol. The molecule has 1 aromatic carbocycles. The molecule has 1 aliphatic rings. The Labute approximate surface area is 163 Å². The highest BCUT2D eigenvalue weighted by Crippen LogP contribution is 2.34. The molecule has 3 nitrogen and oxygen atoms in total. The second-order valence-corrected chi connectivity index (χ2v) is 8.57. The molecule has 4 heteroatoms. The number of aromatic nitrogens is 2. The van der Waals surface area contributed by atoms with E-state index in [1.807, 2.05) is 6.20 Å². The first-order valence-corrected chi connectivity index (χ1v) is 10.3. The fraction of sp³-hybridized carbons (Fsp3) is 0.261. The molecule has 4 heterocycles. The lowest BCUT2D eigenvalue weighted by Gasteiger charge is -2.24. The Morgan fingerprint density at radius 2 is 1.93 bits per heavy atom. The summed E-state index contributed by atoms with van der Waals surface area (Å²) in [5.74, 6) is 1.02. The zero-order chi connectivity index (χ0) is 18.5. The maximum atomic E-state index is 4.86. The predicted octanol–water partition coefficient (Wildman–Crippen LogP) is 5.36. The van der Waals surface area contributed by atoms with Gasteiger partial charge in [-0.2, -0.15) is 0 Å². The molecule has 0 bridgehead atoms. The number of rotatable bonds is 2. The second kappa shape index (κ2) is 6.32. The van der Waals surface area contributed by atoms with E-state index in [1.165, 1.54) is 43.7 Å². The lowest BCUT2D eigenvalue weighted by Crippen LogP contribution is -2.27. The molecule has 27 heavy (non-hydrogen) atoms. The number of benzene rings is 1. The highest BCUT2D eigenvalue weighted by molar-refractivity contribution is 7.13. The van der Waals surface area contributed by atoms with Gasteiger partial charge in [0.1, 0.15) is 5.82 Å². The molecule has 0 unspecified atom stereocenters. The zero-order valence-corrected chi connectivity index (χ0v) is 16.8. The van der Waals surface area contributed by atoms with E-state index in [0.717, 1.165) is 25.3 Å². The summed E-state index contributed by atoms with van der Waals surface area (Å²) in [5, 5.41) is 3.56. The van der Waals surface area contributed by atoms with Crippen molar-refractivity contribution in [2.45, 2.75) is 26.8 Å². The van der Waals surface area contributed by atoms with Crippen molar-refractivity contribution in [1.29, 1.82) is 0 Å². The van der Waals surface area contributed by atoms with Crippen LogP contribution >= 0.6 is 11.3 Å². The molecule has 4 aromatic rings. The Balaban J connectivity index is 1.66. The summed E-state index contributed by atoms with van der Waals surface area (Å²) in [5.41, 5.74) is 7.96. The summed E-state index contributed by atoms with van der Waals surface area (Å²) in [6.07, 6.45) is 3.08. The average molecular weight is 374 g/mol. The van der Waals surface area contributed by atoms with Crippen LogP contribution in [0.1, 0.15) is 22.4 Å². The van der Waals surface area contributed by atoms with Crippen molar-refractivity contribution < 1.29 is 0 Å². The third kappa shape index (κ3) is 2.80. The minimum absolute atomic E-state index is 1.01. The smallest absolute Gasteiger partial charge is 0.137 e. The monoisotopic (exact) mass is 373 g/mol. The SMILES string of the molecule is Cc1csc(-c2ccc(-n3c4c(c5cc(C)ccc53)CN(C)CC4)nc2)c1. The van der Waals surface area contributed by atoms with E-state index in [4.69, 9.17) is 4.98 Å². The Bertz CT molecular complexity index is 1130. The number of fused-ring (bicyclic) bond motifs is 3. The van der Waals surface area contributed by atoms with Crippen LogP contribution in [0.5, 0.6) is 0 Å². The minimum Gasteiger partial charge on any atom is -0.302 e. The van der Waals surface area contributed by atoms with Gasteiger partial charge in [-0.15, -0.1) is 11.3 Å². The van der Waals surface area contributed by atoms with Gasteiger partial charge in [-0.05, 0) is 67.7 Å². The largest absolute Gasteiger partial charge is 0.302 e. The maximum Gasteiger partial charge on any atom is 0.137 e. The van der Waals surface area contributed by atoms with Crippen LogP contribution in [-0.2, 0) is 13.0 Å². The Morgan fingerprint density at radius 3 is 2.67 bits per heavy atom. The van der Waals surface area contributed by atoms with Crippen LogP contribution in [0.15, 0.2) is 48.0 Å². The molecule has 0 aliphatic carbocycles. The van der Waals surface area contributed by atoms with Gasteiger partial charge in [0.15, 0.2) is 0 Å². The molecule has 0 saturated carbocycles. The van der Waals surface area contributed by atoms with Gasteiger partial charge < -0.3 is 4.90 Å². The summed E-state index contributed by atoms with van der Waals surface area (Å²) in [4.78, 5) is 8.55. The average Bonchev–Trinajstić information content (AvgIpc) is 3.23. The lowest BCUT2D eigenvalue weighted by atomic mass is 10.0.